The standard InChI is InChI=1S/C30H31N3O4/c34-27(32-17-7-12-26(21-32)37-22-24-8-3-1-4-9-24)18-30(25-10-5-2-6-11-25)19-28(35)33(29(30)36)20-23-13-15-31-16-14-23/h1-6,8-11,13-16,26H,7,12,17-22H2. The van der Waals surface area contributed by atoms with Crippen LogP contribution in [0.2, 0.25) is 0 Å². The molecule has 7 nitrogen and oxygen atoms in total. The highest BCUT2D eigenvalue weighted by Gasteiger charge is 2.54. The summed E-state index contributed by atoms with van der Waals surface area (Å²) in [6.07, 6.45) is 4.88. The molecule has 2 aliphatic rings. The van der Waals surface area contributed by atoms with Crippen LogP contribution in [0.25, 0.3) is 0 Å². The van der Waals surface area contributed by atoms with Crippen molar-refractivity contribution in [3.63, 3.8) is 0 Å². The molecule has 2 atom stereocenters. The molecule has 0 aliphatic carbocycles. The van der Waals surface area contributed by atoms with E-state index in [9.17, 15) is 14.4 Å². The lowest BCUT2D eigenvalue weighted by Crippen LogP contribution is -2.47. The third kappa shape index (κ3) is 5.47. The number of imide groups is 1. The second-order valence-electron chi connectivity index (χ2n) is 9.84. The zero-order valence-corrected chi connectivity index (χ0v) is 20.8. The molecule has 2 unspecified atom stereocenters. The molecule has 2 aromatic carbocycles. The first-order valence-electron chi connectivity index (χ1n) is 12.8. The van der Waals surface area contributed by atoms with E-state index in [0.717, 1.165) is 24.0 Å². The minimum atomic E-state index is -1.21. The summed E-state index contributed by atoms with van der Waals surface area (Å²) in [5.41, 5.74) is 1.41. The molecular weight excluding hydrogens is 466 g/mol. The van der Waals surface area contributed by atoms with E-state index in [1.807, 2.05) is 60.7 Å². The fraction of sp³-hybridized carbons (Fsp3) is 0.333. The van der Waals surface area contributed by atoms with Gasteiger partial charge in [0.15, 0.2) is 0 Å². The van der Waals surface area contributed by atoms with Crippen LogP contribution in [0, 0.1) is 0 Å². The summed E-state index contributed by atoms with van der Waals surface area (Å²) in [6, 6.07) is 22.8. The van der Waals surface area contributed by atoms with Gasteiger partial charge in [-0.15, -0.1) is 0 Å². The molecule has 190 valence electrons. The third-order valence-electron chi connectivity index (χ3n) is 7.34. The van der Waals surface area contributed by atoms with Gasteiger partial charge >= 0.3 is 0 Å². The molecule has 0 bridgehead atoms. The zero-order valence-electron chi connectivity index (χ0n) is 20.8. The van der Waals surface area contributed by atoms with Gasteiger partial charge in [0.25, 0.3) is 0 Å². The van der Waals surface area contributed by atoms with Gasteiger partial charge in [-0.25, -0.2) is 0 Å². The van der Waals surface area contributed by atoms with Crippen molar-refractivity contribution in [3.05, 3.63) is 102 Å². The second kappa shape index (κ2) is 11.0. The molecule has 1 aromatic heterocycles. The van der Waals surface area contributed by atoms with Crippen LogP contribution in [0.15, 0.2) is 85.2 Å². The number of rotatable bonds is 8. The number of piperidine rings is 1. The quantitative estimate of drug-likeness (QED) is 0.442. The van der Waals surface area contributed by atoms with E-state index in [0.29, 0.717) is 25.3 Å². The average Bonchev–Trinajstić information content (AvgIpc) is 3.18. The zero-order chi connectivity index (χ0) is 25.7. The largest absolute Gasteiger partial charge is 0.372 e. The number of amides is 3. The number of pyridine rings is 1. The van der Waals surface area contributed by atoms with Crippen molar-refractivity contribution >= 4 is 17.7 Å². The summed E-state index contributed by atoms with van der Waals surface area (Å²) in [4.78, 5) is 47.8. The minimum absolute atomic E-state index is 0.0194. The smallest absolute Gasteiger partial charge is 0.241 e. The van der Waals surface area contributed by atoms with Crippen LogP contribution >= 0.6 is 0 Å². The van der Waals surface area contributed by atoms with Gasteiger partial charge in [0, 0.05) is 38.3 Å². The molecule has 2 aliphatic heterocycles. The van der Waals surface area contributed by atoms with E-state index in [2.05, 4.69) is 4.98 Å². The van der Waals surface area contributed by atoms with Crippen LogP contribution in [-0.4, -0.2) is 51.7 Å². The van der Waals surface area contributed by atoms with E-state index < -0.39 is 5.41 Å². The van der Waals surface area contributed by atoms with Crippen LogP contribution < -0.4 is 0 Å². The molecule has 7 heteroatoms. The fourth-order valence-electron chi connectivity index (χ4n) is 5.31. The Balaban J connectivity index is 1.32. The molecule has 0 N–H and O–H groups in total. The monoisotopic (exact) mass is 497 g/mol. The molecule has 0 radical (unpaired) electrons. The molecule has 0 saturated carbocycles. The molecule has 2 saturated heterocycles. The van der Waals surface area contributed by atoms with Crippen LogP contribution in [0.4, 0.5) is 0 Å². The highest BCUT2D eigenvalue weighted by atomic mass is 16.5. The number of aromatic nitrogens is 1. The van der Waals surface area contributed by atoms with Crippen LogP contribution in [0.3, 0.4) is 0 Å². The Morgan fingerprint density at radius 3 is 2.38 bits per heavy atom. The van der Waals surface area contributed by atoms with Gasteiger partial charge in [0.05, 0.1) is 24.7 Å². The summed E-state index contributed by atoms with van der Waals surface area (Å²) < 4.78 is 6.12. The van der Waals surface area contributed by atoms with Crippen molar-refractivity contribution in [2.45, 2.75) is 50.4 Å². The van der Waals surface area contributed by atoms with Gasteiger partial charge in [-0.3, -0.25) is 24.3 Å². The molecule has 3 amide bonds. The van der Waals surface area contributed by atoms with Gasteiger partial charge in [0.2, 0.25) is 17.7 Å². The van der Waals surface area contributed by atoms with Gasteiger partial charge < -0.3 is 9.64 Å². The van der Waals surface area contributed by atoms with Crippen LogP contribution in [-0.2, 0) is 37.7 Å². The Hall–Kier alpha value is -3.84. The van der Waals surface area contributed by atoms with Crippen molar-refractivity contribution in [1.82, 2.24) is 14.8 Å². The predicted molar refractivity (Wildman–Crippen MR) is 138 cm³/mol. The summed E-state index contributed by atoms with van der Waals surface area (Å²) in [5, 5.41) is 0. The molecule has 5 rings (SSSR count). The number of nitrogens with zero attached hydrogens (tertiary/aromatic N) is 3. The van der Waals surface area contributed by atoms with Crippen molar-refractivity contribution in [1.29, 1.82) is 0 Å². The van der Waals surface area contributed by atoms with Crippen LogP contribution in [0.5, 0.6) is 0 Å². The van der Waals surface area contributed by atoms with E-state index in [4.69, 9.17) is 4.74 Å². The maximum atomic E-state index is 13.9. The summed E-state index contributed by atoms with van der Waals surface area (Å²) >= 11 is 0. The molecule has 2 fully saturated rings. The first-order valence-corrected chi connectivity index (χ1v) is 12.8. The number of carbonyl (C=O) groups is 3. The lowest BCUT2D eigenvalue weighted by Gasteiger charge is -2.35. The number of benzene rings is 2. The first-order chi connectivity index (χ1) is 18.0. The number of ether oxygens (including phenoxy) is 1. The Bertz CT molecular complexity index is 1240. The van der Waals surface area contributed by atoms with Crippen molar-refractivity contribution in [2.24, 2.45) is 0 Å². The predicted octanol–water partition coefficient (Wildman–Crippen LogP) is 3.88. The Morgan fingerprint density at radius 1 is 0.946 bits per heavy atom. The molecule has 37 heavy (non-hydrogen) atoms. The highest BCUT2D eigenvalue weighted by Crippen LogP contribution is 2.41. The van der Waals surface area contributed by atoms with Crippen molar-refractivity contribution in [3.8, 4) is 0 Å². The lowest BCUT2D eigenvalue weighted by molar-refractivity contribution is -0.144. The average molecular weight is 498 g/mol. The first kappa shape index (κ1) is 24.8. The van der Waals surface area contributed by atoms with E-state index in [1.54, 1.807) is 29.4 Å². The molecule has 0 spiro atoms. The van der Waals surface area contributed by atoms with E-state index in [-0.39, 0.29) is 43.2 Å². The Labute approximate surface area is 217 Å². The topological polar surface area (TPSA) is 79.8 Å². The Morgan fingerprint density at radius 2 is 1.65 bits per heavy atom. The summed E-state index contributed by atoms with van der Waals surface area (Å²) in [7, 11) is 0. The maximum Gasteiger partial charge on any atom is 0.241 e. The maximum absolute atomic E-state index is 13.9. The fourth-order valence-corrected chi connectivity index (χ4v) is 5.31. The normalized spacial score (nSPS) is 21.9. The summed E-state index contributed by atoms with van der Waals surface area (Å²) in [6.45, 7) is 1.78. The molecular formula is C30H31N3O4. The third-order valence-corrected chi connectivity index (χ3v) is 7.34. The number of hydrogen-bond acceptors (Lipinski definition) is 5. The molecule has 3 aromatic rings. The van der Waals surface area contributed by atoms with Crippen molar-refractivity contribution in [2.75, 3.05) is 13.1 Å². The van der Waals surface area contributed by atoms with Crippen LogP contribution in [0.1, 0.15) is 42.4 Å². The number of hydrogen-bond donors (Lipinski definition) is 0. The minimum Gasteiger partial charge on any atom is -0.372 e. The summed E-state index contributed by atoms with van der Waals surface area (Å²) in [5.74, 6) is -0.701. The second-order valence-corrected chi connectivity index (χ2v) is 9.84. The van der Waals surface area contributed by atoms with Gasteiger partial charge in [-0.05, 0) is 41.7 Å². The van der Waals surface area contributed by atoms with Crippen molar-refractivity contribution < 1.29 is 19.1 Å². The van der Waals surface area contributed by atoms with Gasteiger partial charge in [-0.2, -0.15) is 0 Å². The Kier molecular flexibility index (Phi) is 7.42. The molecule has 3 heterocycles. The number of likely N-dealkylation sites (tertiary alicyclic amines) is 2. The van der Waals surface area contributed by atoms with E-state index >= 15 is 0 Å². The number of carbonyl (C=O) groups excluding carboxylic acids is 3. The SMILES string of the molecule is O=C(CC1(c2ccccc2)CC(=O)N(Cc2ccncc2)C1=O)N1CCCC(OCc2ccccc2)C1. The van der Waals surface area contributed by atoms with Gasteiger partial charge in [-0.1, -0.05) is 60.7 Å². The lowest BCUT2D eigenvalue weighted by atomic mass is 9.75. The van der Waals surface area contributed by atoms with Gasteiger partial charge in [0.1, 0.15) is 0 Å². The highest BCUT2D eigenvalue weighted by molar-refractivity contribution is 6.10. The van der Waals surface area contributed by atoms with E-state index in [1.165, 1.54) is 4.90 Å².